The van der Waals surface area contributed by atoms with E-state index in [1.54, 1.807) is 30.3 Å². The lowest BCUT2D eigenvalue weighted by Gasteiger charge is -2.13. The lowest BCUT2D eigenvalue weighted by Crippen LogP contribution is -2.31. The van der Waals surface area contributed by atoms with Crippen LogP contribution in [-0.2, 0) is 0 Å². The quantitative estimate of drug-likeness (QED) is 0.602. The molecule has 0 heterocycles. The highest BCUT2D eigenvalue weighted by Gasteiger charge is 2.38. The molecule has 0 bridgehead atoms. The van der Waals surface area contributed by atoms with Crippen LogP contribution in [0.3, 0.4) is 0 Å². The smallest absolute Gasteiger partial charge is 0.317 e. The van der Waals surface area contributed by atoms with Crippen molar-refractivity contribution in [3.8, 4) is 11.8 Å². The van der Waals surface area contributed by atoms with Gasteiger partial charge in [-0.15, -0.1) is 0 Å². The summed E-state index contributed by atoms with van der Waals surface area (Å²) in [7, 11) is 0. The van der Waals surface area contributed by atoms with Gasteiger partial charge in [-0.2, -0.15) is 13.2 Å². The van der Waals surface area contributed by atoms with Gasteiger partial charge in [0.1, 0.15) is 5.92 Å². The summed E-state index contributed by atoms with van der Waals surface area (Å²) in [5.41, 5.74) is 2.00. The molecule has 0 fully saturated rings. The van der Waals surface area contributed by atoms with E-state index >= 15 is 0 Å². The minimum atomic E-state index is -4.45. The number of alkyl halides is 3. The molecule has 0 radical (unpaired) electrons. The molecule has 86 valence electrons. The summed E-state index contributed by atoms with van der Waals surface area (Å²) in [6.07, 6.45) is -4.45. The second kappa shape index (κ2) is 5.54. The zero-order chi connectivity index (χ0) is 12.0. The molecule has 1 unspecified atom stereocenters. The van der Waals surface area contributed by atoms with Gasteiger partial charge in [-0.25, -0.2) is 5.48 Å². The summed E-state index contributed by atoms with van der Waals surface area (Å²) in [6.45, 7) is -0.636. The third kappa shape index (κ3) is 3.93. The van der Waals surface area contributed by atoms with Crippen molar-refractivity contribution < 1.29 is 18.4 Å². The van der Waals surface area contributed by atoms with Gasteiger partial charge < -0.3 is 5.21 Å². The van der Waals surface area contributed by atoms with Crippen LogP contribution in [-0.4, -0.2) is 17.9 Å². The van der Waals surface area contributed by atoms with Crippen molar-refractivity contribution in [2.45, 2.75) is 6.18 Å². The third-order valence-corrected chi connectivity index (χ3v) is 1.86. The van der Waals surface area contributed by atoms with Crippen molar-refractivity contribution in [1.82, 2.24) is 5.48 Å². The van der Waals surface area contributed by atoms with Crippen LogP contribution in [0.5, 0.6) is 0 Å². The second-order valence-electron chi connectivity index (χ2n) is 3.09. The van der Waals surface area contributed by atoms with Gasteiger partial charge in [0.25, 0.3) is 0 Å². The van der Waals surface area contributed by atoms with Gasteiger partial charge in [0.05, 0.1) is 0 Å². The largest absolute Gasteiger partial charge is 0.403 e. The monoisotopic (exact) mass is 229 g/mol. The molecular weight excluding hydrogens is 219 g/mol. The molecule has 5 heteroatoms. The normalized spacial score (nSPS) is 12.8. The van der Waals surface area contributed by atoms with Crippen molar-refractivity contribution in [3.63, 3.8) is 0 Å². The summed E-state index contributed by atoms with van der Waals surface area (Å²) in [4.78, 5) is 0. The Balaban J connectivity index is 2.80. The first-order chi connectivity index (χ1) is 7.54. The number of hydroxylamine groups is 1. The van der Waals surface area contributed by atoms with Crippen LogP contribution in [0.1, 0.15) is 5.56 Å². The Labute approximate surface area is 91.1 Å². The summed E-state index contributed by atoms with van der Waals surface area (Å²) in [5, 5.41) is 8.28. The van der Waals surface area contributed by atoms with E-state index in [4.69, 9.17) is 5.21 Å². The van der Waals surface area contributed by atoms with E-state index in [1.807, 2.05) is 0 Å². The van der Waals surface area contributed by atoms with Gasteiger partial charge >= 0.3 is 6.18 Å². The molecule has 0 saturated carbocycles. The van der Waals surface area contributed by atoms with Crippen molar-refractivity contribution >= 4 is 0 Å². The Morgan fingerprint density at radius 1 is 1.25 bits per heavy atom. The molecule has 0 aliphatic rings. The van der Waals surface area contributed by atoms with E-state index in [0.29, 0.717) is 5.56 Å². The lowest BCUT2D eigenvalue weighted by molar-refractivity contribution is -0.161. The topological polar surface area (TPSA) is 32.3 Å². The number of nitrogens with one attached hydrogen (secondary N) is 1. The maximum absolute atomic E-state index is 12.4. The molecule has 1 aromatic carbocycles. The van der Waals surface area contributed by atoms with E-state index in [2.05, 4.69) is 11.8 Å². The van der Waals surface area contributed by atoms with E-state index in [9.17, 15) is 13.2 Å². The van der Waals surface area contributed by atoms with Crippen LogP contribution in [0.15, 0.2) is 30.3 Å². The van der Waals surface area contributed by atoms with Gasteiger partial charge in [0, 0.05) is 12.1 Å². The van der Waals surface area contributed by atoms with Crippen LogP contribution in [0, 0.1) is 17.8 Å². The molecule has 2 nitrogen and oxygen atoms in total. The molecule has 0 aromatic heterocycles. The van der Waals surface area contributed by atoms with Crippen molar-refractivity contribution in [2.75, 3.05) is 6.54 Å². The maximum atomic E-state index is 12.4. The minimum absolute atomic E-state index is 0.509. The minimum Gasteiger partial charge on any atom is -0.317 e. The number of halogens is 3. The first kappa shape index (κ1) is 12.6. The van der Waals surface area contributed by atoms with E-state index < -0.39 is 18.6 Å². The standard InChI is InChI=1S/C11H10F3NO/c12-11(13,14)10(8-15-16)7-6-9-4-2-1-3-5-9/h1-5,10,15-16H,8H2. The Kier molecular flexibility index (Phi) is 4.35. The summed E-state index contributed by atoms with van der Waals surface area (Å²) < 4.78 is 37.1. The predicted octanol–water partition coefficient (Wildman–Crippen LogP) is 2.20. The van der Waals surface area contributed by atoms with E-state index in [0.717, 1.165) is 0 Å². The third-order valence-electron chi connectivity index (χ3n) is 1.86. The van der Waals surface area contributed by atoms with Crippen molar-refractivity contribution in [3.05, 3.63) is 35.9 Å². The average molecular weight is 229 g/mol. The first-order valence-corrected chi connectivity index (χ1v) is 4.54. The predicted molar refractivity (Wildman–Crippen MR) is 52.7 cm³/mol. The van der Waals surface area contributed by atoms with E-state index in [1.165, 1.54) is 5.48 Å². The zero-order valence-corrected chi connectivity index (χ0v) is 8.25. The molecule has 0 amide bonds. The van der Waals surface area contributed by atoms with Crippen molar-refractivity contribution in [1.29, 1.82) is 0 Å². The van der Waals surface area contributed by atoms with Gasteiger partial charge in [-0.05, 0) is 12.1 Å². The maximum Gasteiger partial charge on any atom is 0.403 e. The van der Waals surface area contributed by atoms with Gasteiger partial charge in [0.15, 0.2) is 0 Å². The molecule has 1 atom stereocenters. The van der Waals surface area contributed by atoms with Crippen LogP contribution in [0.4, 0.5) is 13.2 Å². The van der Waals surface area contributed by atoms with Gasteiger partial charge in [0.2, 0.25) is 0 Å². The molecular formula is C11H10F3NO. The summed E-state index contributed by atoms with van der Waals surface area (Å²) in [6, 6.07) is 8.37. The molecule has 0 aliphatic heterocycles. The molecule has 0 spiro atoms. The van der Waals surface area contributed by atoms with Crippen LogP contribution in [0.25, 0.3) is 0 Å². The Morgan fingerprint density at radius 3 is 2.38 bits per heavy atom. The number of benzene rings is 1. The van der Waals surface area contributed by atoms with Crippen LogP contribution < -0.4 is 5.48 Å². The van der Waals surface area contributed by atoms with Gasteiger partial charge in [-0.3, -0.25) is 0 Å². The van der Waals surface area contributed by atoms with Crippen LogP contribution >= 0.6 is 0 Å². The first-order valence-electron chi connectivity index (χ1n) is 4.54. The zero-order valence-electron chi connectivity index (χ0n) is 8.25. The molecule has 2 N–H and O–H groups in total. The highest BCUT2D eigenvalue weighted by Crippen LogP contribution is 2.25. The number of hydrogen-bond donors (Lipinski definition) is 2. The Bertz CT molecular complexity index is 378. The summed E-state index contributed by atoms with van der Waals surface area (Å²) in [5.74, 6) is 2.62. The number of rotatable bonds is 2. The summed E-state index contributed by atoms with van der Waals surface area (Å²) >= 11 is 0. The molecule has 0 saturated heterocycles. The SMILES string of the molecule is ONCC(C#Cc1ccccc1)C(F)(F)F. The highest BCUT2D eigenvalue weighted by molar-refractivity contribution is 5.34. The average Bonchev–Trinajstić information content (AvgIpc) is 2.24. The molecule has 1 rings (SSSR count). The fourth-order valence-electron chi connectivity index (χ4n) is 1.03. The Morgan fingerprint density at radius 2 is 1.88 bits per heavy atom. The lowest BCUT2D eigenvalue weighted by atomic mass is 10.1. The fraction of sp³-hybridized carbons (Fsp3) is 0.273. The van der Waals surface area contributed by atoms with Crippen LogP contribution in [0.2, 0.25) is 0 Å². The highest BCUT2D eigenvalue weighted by atomic mass is 19.4. The second-order valence-corrected chi connectivity index (χ2v) is 3.09. The Hall–Kier alpha value is -1.51. The molecule has 1 aromatic rings. The molecule has 0 aliphatic carbocycles. The fourth-order valence-corrected chi connectivity index (χ4v) is 1.03. The number of hydrogen-bond acceptors (Lipinski definition) is 2. The van der Waals surface area contributed by atoms with Gasteiger partial charge in [-0.1, -0.05) is 30.0 Å². The van der Waals surface area contributed by atoms with Crippen molar-refractivity contribution in [2.24, 2.45) is 5.92 Å². The van der Waals surface area contributed by atoms with E-state index in [-0.39, 0.29) is 0 Å². The molecule has 16 heavy (non-hydrogen) atoms.